The van der Waals surface area contributed by atoms with E-state index in [1.54, 1.807) is 0 Å². The van der Waals surface area contributed by atoms with Gasteiger partial charge in [0.2, 0.25) is 0 Å². The smallest absolute Gasteiger partial charge is 0.0682 e. The van der Waals surface area contributed by atoms with E-state index in [0.29, 0.717) is 6.04 Å². The fourth-order valence-corrected chi connectivity index (χ4v) is 2.86. The molecule has 1 aromatic rings. The van der Waals surface area contributed by atoms with Crippen LogP contribution in [0.5, 0.6) is 0 Å². The molecule has 1 fully saturated rings. The monoisotopic (exact) mass is 233 g/mol. The summed E-state index contributed by atoms with van der Waals surface area (Å²) in [5.74, 6) is 0.807. The van der Waals surface area contributed by atoms with Gasteiger partial charge in [-0.2, -0.15) is 0 Å². The van der Waals surface area contributed by atoms with Gasteiger partial charge in [-0.3, -0.25) is 0 Å². The third-order valence-electron chi connectivity index (χ3n) is 3.90. The highest BCUT2D eigenvalue weighted by Gasteiger charge is 2.23. The van der Waals surface area contributed by atoms with E-state index in [4.69, 9.17) is 5.11 Å². The Bertz CT molecular complexity index is 351. The molecule has 0 spiro atoms. The van der Waals surface area contributed by atoms with Gasteiger partial charge in [0.15, 0.2) is 0 Å². The Balaban J connectivity index is 2.02. The minimum absolute atomic E-state index is 0.122. The number of aliphatic hydroxyl groups excluding tert-OH is 1. The van der Waals surface area contributed by atoms with Crippen LogP contribution in [0.3, 0.4) is 0 Å². The van der Waals surface area contributed by atoms with Crippen LogP contribution in [0.4, 0.5) is 5.69 Å². The van der Waals surface area contributed by atoms with Gasteiger partial charge in [-0.05, 0) is 36.5 Å². The van der Waals surface area contributed by atoms with Crippen molar-refractivity contribution in [2.24, 2.45) is 5.92 Å². The molecule has 2 heteroatoms. The molecule has 0 bridgehead atoms. The number of aliphatic hydroxyl groups is 1. The van der Waals surface area contributed by atoms with Crippen LogP contribution < -0.4 is 5.32 Å². The molecule has 0 aliphatic heterocycles. The van der Waals surface area contributed by atoms with Crippen LogP contribution in [0, 0.1) is 5.92 Å². The lowest BCUT2D eigenvalue weighted by molar-refractivity contribution is 0.282. The van der Waals surface area contributed by atoms with Gasteiger partial charge in [-0.25, -0.2) is 0 Å². The minimum Gasteiger partial charge on any atom is -0.392 e. The summed E-state index contributed by atoms with van der Waals surface area (Å²) in [7, 11) is 0. The van der Waals surface area contributed by atoms with Gasteiger partial charge >= 0.3 is 0 Å². The Hall–Kier alpha value is -1.02. The summed E-state index contributed by atoms with van der Waals surface area (Å²) in [5.41, 5.74) is 2.14. The Kier molecular flexibility index (Phi) is 4.43. The van der Waals surface area contributed by atoms with Crippen LogP contribution in [-0.2, 0) is 6.61 Å². The first kappa shape index (κ1) is 12.4. The second kappa shape index (κ2) is 6.06. The number of nitrogens with one attached hydrogen (secondary N) is 1. The largest absolute Gasteiger partial charge is 0.392 e. The zero-order valence-electron chi connectivity index (χ0n) is 10.7. The number of rotatable bonds is 4. The van der Waals surface area contributed by atoms with Crippen molar-refractivity contribution < 1.29 is 5.11 Å². The van der Waals surface area contributed by atoms with Crippen LogP contribution >= 0.6 is 0 Å². The van der Waals surface area contributed by atoms with E-state index in [1.807, 2.05) is 12.1 Å². The van der Waals surface area contributed by atoms with Gasteiger partial charge in [0.25, 0.3) is 0 Å². The van der Waals surface area contributed by atoms with Crippen molar-refractivity contribution >= 4 is 5.69 Å². The van der Waals surface area contributed by atoms with E-state index >= 15 is 0 Å². The Morgan fingerprint density at radius 3 is 2.88 bits per heavy atom. The normalized spacial score (nSPS) is 24.6. The summed E-state index contributed by atoms with van der Waals surface area (Å²) in [4.78, 5) is 0. The van der Waals surface area contributed by atoms with Crippen molar-refractivity contribution in [3.63, 3.8) is 0 Å². The second-order valence-electron chi connectivity index (χ2n) is 5.06. The zero-order valence-corrected chi connectivity index (χ0v) is 10.7. The summed E-state index contributed by atoms with van der Waals surface area (Å²) >= 11 is 0. The second-order valence-corrected chi connectivity index (χ2v) is 5.06. The van der Waals surface area contributed by atoms with Gasteiger partial charge in [0, 0.05) is 11.7 Å². The first-order valence-corrected chi connectivity index (χ1v) is 6.80. The van der Waals surface area contributed by atoms with Gasteiger partial charge in [0.05, 0.1) is 6.61 Å². The Labute approximate surface area is 104 Å². The lowest BCUT2D eigenvalue weighted by Gasteiger charge is -2.32. The Morgan fingerprint density at radius 2 is 2.12 bits per heavy atom. The topological polar surface area (TPSA) is 32.3 Å². The van der Waals surface area contributed by atoms with Crippen molar-refractivity contribution in [2.75, 3.05) is 5.32 Å². The quantitative estimate of drug-likeness (QED) is 0.833. The van der Waals surface area contributed by atoms with Crippen molar-refractivity contribution in [3.8, 4) is 0 Å². The third kappa shape index (κ3) is 3.22. The first-order chi connectivity index (χ1) is 8.33. The van der Waals surface area contributed by atoms with E-state index in [2.05, 4.69) is 24.4 Å². The molecule has 0 saturated heterocycles. The maximum absolute atomic E-state index is 9.14. The first-order valence-electron chi connectivity index (χ1n) is 6.80. The highest BCUT2D eigenvalue weighted by Crippen LogP contribution is 2.29. The standard InChI is InChI=1S/C15H23NO/c1-2-13-7-3-4-9-15(13)16-14-8-5-6-12(10-14)11-17/h5-6,8,10,13,15-17H,2-4,7,9,11H2,1H3. The van der Waals surface area contributed by atoms with Crippen molar-refractivity contribution in [1.82, 2.24) is 0 Å². The van der Waals surface area contributed by atoms with E-state index in [9.17, 15) is 0 Å². The molecule has 1 aliphatic rings. The lowest BCUT2D eigenvalue weighted by Crippen LogP contribution is -2.31. The van der Waals surface area contributed by atoms with E-state index in [0.717, 1.165) is 17.2 Å². The predicted octanol–water partition coefficient (Wildman–Crippen LogP) is 3.56. The van der Waals surface area contributed by atoms with Gasteiger partial charge in [-0.1, -0.05) is 38.3 Å². The maximum Gasteiger partial charge on any atom is 0.0682 e. The van der Waals surface area contributed by atoms with Gasteiger partial charge in [-0.15, -0.1) is 0 Å². The zero-order chi connectivity index (χ0) is 12.1. The van der Waals surface area contributed by atoms with Crippen LogP contribution in [0.2, 0.25) is 0 Å². The van der Waals surface area contributed by atoms with Crippen molar-refractivity contribution in [3.05, 3.63) is 29.8 Å². The molecule has 2 unspecified atom stereocenters. The molecule has 2 N–H and O–H groups in total. The molecule has 94 valence electrons. The molecule has 1 aliphatic carbocycles. The van der Waals surface area contributed by atoms with Crippen LogP contribution in [0.25, 0.3) is 0 Å². The SMILES string of the molecule is CCC1CCCCC1Nc1cccc(CO)c1. The molecule has 2 nitrogen and oxygen atoms in total. The summed E-state index contributed by atoms with van der Waals surface area (Å²) in [5, 5.41) is 12.8. The number of hydrogen-bond donors (Lipinski definition) is 2. The van der Waals surface area contributed by atoms with E-state index in [1.165, 1.54) is 32.1 Å². The van der Waals surface area contributed by atoms with Crippen LogP contribution in [0.1, 0.15) is 44.6 Å². The summed E-state index contributed by atoms with van der Waals surface area (Å²) in [6.07, 6.45) is 6.62. The molecular weight excluding hydrogens is 210 g/mol. The highest BCUT2D eigenvalue weighted by molar-refractivity contribution is 5.46. The Morgan fingerprint density at radius 1 is 1.29 bits per heavy atom. The minimum atomic E-state index is 0.122. The number of hydrogen-bond acceptors (Lipinski definition) is 2. The molecule has 2 atom stereocenters. The molecule has 2 rings (SSSR count). The number of anilines is 1. The van der Waals surface area contributed by atoms with Gasteiger partial charge in [0.1, 0.15) is 0 Å². The molecule has 0 radical (unpaired) electrons. The van der Waals surface area contributed by atoms with Crippen molar-refractivity contribution in [1.29, 1.82) is 0 Å². The summed E-state index contributed by atoms with van der Waals surface area (Å²) in [6, 6.07) is 8.74. The van der Waals surface area contributed by atoms with Crippen LogP contribution in [0.15, 0.2) is 24.3 Å². The molecule has 1 aromatic carbocycles. The van der Waals surface area contributed by atoms with E-state index < -0.39 is 0 Å². The lowest BCUT2D eigenvalue weighted by atomic mass is 9.83. The van der Waals surface area contributed by atoms with Gasteiger partial charge < -0.3 is 10.4 Å². The highest BCUT2D eigenvalue weighted by atomic mass is 16.3. The predicted molar refractivity (Wildman–Crippen MR) is 72.0 cm³/mol. The average Bonchev–Trinajstić information content (AvgIpc) is 2.39. The molecule has 1 saturated carbocycles. The fourth-order valence-electron chi connectivity index (χ4n) is 2.86. The summed E-state index contributed by atoms with van der Waals surface area (Å²) < 4.78 is 0. The average molecular weight is 233 g/mol. The maximum atomic E-state index is 9.14. The van der Waals surface area contributed by atoms with E-state index in [-0.39, 0.29) is 6.61 Å². The molecule has 0 aromatic heterocycles. The molecular formula is C15H23NO. The molecule has 17 heavy (non-hydrogen) atoms. The molecule has 0 heterocycles. The summed E-state index contributed by atoms with van der Waals surface area (Å²) in [6.45, 7) is 2.41. The number of benzene rings is 1. The molecule has 0 amide bonds. The van der Waals surface area contributed by atoms with Crippen molar-refractivity contribution in [2.45, 2.75) is 51.7 Å². The van der Waals surface area contributed by atoms with Crippen LogP contribution in [-0.4, -0.2) is 11.1 Å². The third-order valence-corrected chi connectivity index (χ3v) is 3.90. The fraction of sp³-hybridized carbons (Fsp3) is 0.600.